The van der Waals surface area contributed by atoms with Crippen molar-refractivity contribution in [1.29, 1.82) is 0 Å². The number of nitrogens with zero attached hydrogens (tertiary/aromatic N) is 2. The van der Waals surface area contributed by atoms with E-state index in [1.54, 1.807) is 0 Å². The third kappa shape index (κ3) is 1.48. The van der Waals surface area contributed by atoms with E-state index in [4.69, 9.17) is 5.73 Å². The van der Waals surface area contributed by atoms with Crippen molar-refractivity contribution in [3.8, 4) is 0 Å². The first-order valence-electron chi connectivity index (χ1n) is 4.86. The van der Waals surface area contributed by atoms with Crippen molar-refractivity contribution in [2.45, 2.75) is 32.7 Å². The van der Waals surface area contributed by atoms with Crippen molar-refractivity contribution in [2.24, 2.45) is 11.1 Å². The fourth-order valence-corrected chi connectivity index (χ4v) is 1.87. The van der Waals surface area contributed by atoms with E-state index in [9.17, 15) is 0 Å². The van der Waals surface area contributed by atoms with E-state index in [1.165, 1.54) is 12.1 Å². The second-order valence-corrected chi connectivity index (χ2v) is 4.54. The van der Waals surface area contributed by atoms with E-state index >= 15 is 0 Å². The highest BCUT2D eigenvalue weighted by atomic mass is 15.1. The lowest BCUT2D eigenvalue weighted by Crippen LogP contribution is -2.09. The molecule has 0 saturated heterocycles. The Morgan fingerprint density at radius 2 is 2.38 bits per heavy atom. The molecule has 0 amide bonds. The molecule has 0 spiro atoms. The Hall–Kier alpha value is -0.830. The summed E-state index contributed by atoms with van der Waals surface area (Å²) in [5, 5.41) is 0. The number of imidazole rings is 1. The zero-order valence-electron chi connectivity index (χ0n) is 8.33. The van der Waals surface area contributed by atoms with Crippen molar-refractivity contribution in [2.75, 3.05) is 6.54 Å². The van der Waals surface area contributed by atoms with Gasteiger partial charge in [0.05, 0.1) is 6.33 Å². The molecular formula is C10H17N3. The number of hydrogen-bond acceptors (Lipinski definition) is 2. The second-order valence-electron chi connectivity index (χ2n) is 4.54. The standard InChI is InChI=1S/C10H17N3/c1-10(2)5-9(10)13-7-12-6-8(13)3-4-11/h6-7,9H,3-5,11H2,1-2H3. The van der Waals surface area contributed by atoms with Crippen LogP contribution >= 0.6 is 0 Å². The van der Waals surface area contributed by atoms with E-state index in [-0.39, 0.29) is 0 Å². The quantitative estimate of drug-likeness (QED) is 0.761. The van der Waals surface area contributed by atoms with Crippen molar-refractivity contribution in [1.82, 2.24) is 9.55 Å². The highest BCUT2D eigenvalue weighted by Crippen LogP contribution is 2.55. The van der Waals surface area contributed by atoms with Crippen LogP contribution in [0.1, 0.15) is 32.0 Å². The van der Waals surface area contributed by atoms with Gasteiger partial charge >= 0.3 is 0 Å². The maximum absolute atomic E-state index is 5.54. The Bertz CT molecular complexity index is 301. The largest absolute Gasteiger partial charge is 0.331 e. The van der Waals surface area contributed by atoms with Gasteiger partial charge in [-0.15, -0.1) is 0 Å². The van der Waals surface area contributed by atoms with Gasteiger partial charge < -0.3 is 10.3 Å². The van der Waals surface area contributed by atoms with E-state index in [0.29, 0.717) is 18.0 Å². The Morgan fingerprint density at radius 3 is 2.92 bits per heavy atom. The molecule has 1 saturated carbocycles. The van der Waals surface area contributed by atoms with Gasteiger partial charge in [0, 0.05) is 24.4 Å². The molecule has 1 atom stereocenters. The zero-order chi connectivity index (χ0) is 9.47. The van der Waals surface area contributed by atoms with Crippen LogP contribution in [0.4, 0.5) is 0 Å². The van der Waals surface area contributed by atoms with Crippen LogP contribution in [0.2, 0.25) is 0 Å². The molecule has 1 unspecified atom stereocenters. The molecule has 0 bridgehead atoms. The number of rotatable bonds is 3. The van der Waals surface area contributed by atoms with E-state index < -0.39 is 0 Å². The molecular weight excluding hydrogens is 162 g/mol. The van der Waals surface area contributed by atoms with Crippen molar-refractivity contribution >= 4 is 0 Å². The molecule has 1 heterocycles. The lowest BCUT2D eigenvalue weighted by Gasteiger charge is -2.08. The molecule has 3 nitrogen and oxygen atoms in total. The summed E-state index contributed by atoms with van der Waals surface area (Å²) in [6.45, 7) is 5.30. The molecule has 1 fully saturated rings. The second kappa shape index (κ2) is 2.84. The first kappa shape index (κ1) is 8.75. The lowest BCUT2D eigenvalue weighted by molar-refractivity contribution is 0.529. The fourth-order valence-electron chi connectivity index (χ4n) is 1.87. The van der Waals surface area contributed by atoms with E-state index in [2.05, 4.69) is 23.4 Å². The minimum atomic E-state index is 0.462. The number of aromatic nitrogens is 2. The fraction of sp³-hybridized carbons (Fsp3) is 0.700. The number of hydrogen-bond donors (Lipinski definition) is 1. The van der Waals surface area contributed by atoms with Crippen molar-refractivity contribution in [3.63, 3.8) is 0 Å². The van der Waals surface area contributed by atoms with Gasteiger partial charge in [-0.3, -0.25) is 0 Å². The Kier molecular flexibility index (Phi) is 1.91. The lowest BCUT2D eigenvalue weighted by atomic mass is 10.2. The smallest absolute Gasteiger partial charge is 0.0950 e. The molecule has 2 rings (SSSR count). The molecule has 2 N–H and O–H groups in total. The normalized spacial score (nSPS) is 24.7. The topological polar surface area (TPSA) is 43.8 Å². The molecule has 1 aliphatic carbocycles. The summed E-state index contributed by atoms with van der Waals surface area (Å²) >= 11 is 0. The Morgan fingerprint density at radius 1 is 1.69 bits per heavy atom. The van der Waals surface area contributed by atoms with E-state index in [0.717, 1.165) is 6.42 Å². The van der Waals surface area contributed by atoms with Crippen LogP contribution in [-0.4, -0.2) is 16.1 Å². The van der Waals surface area contributed by atoms with Crippen LogP contribution in [0.25, 0.3) is 0 Å². The predicted octanol–water partition coefficient (Wildman–Crippen LogP) is 1.36. The summed E-state index contributed by atoms with van der Waals surface area (Å²) in [4.78, 5) is 4.17. The van der Waals surface area contributed by atoms with Gasteiger partial charge in [-0.25, -0.2) is 4.98 Å². The minimum absolute atomic E-state index is 0.462. The van der Waals surface area contributed by atoms with Crippen LogP contribution in [0.3, 0.4) is 0 Å². The maximum atomic E-state index is 5.54. The Balaban J connectivity index is 2.17. The first-order valence-corrected chi connectivity index (χ1v) is 4.86. The third-order valence-corrected chi connectivity index (χ3v) is 2.94. The molecule has 1 aromatic rings. The van der Waals surface area contributed by atoms with Gasteiger partial charge in [0.2, 0.25) is 0 Å². The summed E-state index contributed by atoms with van der Waals surface area (Å²) in [7, 11) is 0. The van der Waals surface area contributed by atoms with Gasteiger partial charge in [0.15, 0.2) is 0 Å². The molecule has 72 valence electrons. The molecule has 0 aliphatic heterocycles. The SMILES string of the molecule is CC1(C)CC1n1cncc1CCN. The summed E-state index contributed by atoms with van der Waals surface area (Å²) in [5.74, 6) is 0. The van der Waals surface area contributed by atoms with Gasteiger partial charge in [0.25, 0.3) is 0 Å². The monoisotopic (exact) mass is 179 g/mol. The average molecular weight is 179 g/mol. The van der Waals surface area contributed by atoms with Crippen LogP contribution in [0, 0.1) is 5.41 Å². The highest BCUT2D eigenvalue weighted by molar-refractivity contribution is 5.09. The average Bonchev–Trinajstić information content (AvgIpc) is 2.52. The van der Waals surface area contributed by atoms with Gasteiger partial charge in [-0.05, 0) is 18.4 Å². The maximum Gasteiger partial charge on any atom is 0.0950 e. The van der Waals surface area contributed by atoms with E-state index in [1.807, 2.05) is 12.5 Å². The van der Waals surface area contributed by atoms with Gasteiger partial charge in [-0.1, -0.05) is 13.8 Å². The molecule has 13 heavy (non-hydrogen) atoms. The molecule has 0 radical (unpaired) electrons. The Labute approximate surface area is 79.0 Å². The number of nitrogens with two attached hydrogens (primary N) is 1. The summed E-state index contributed by atoms with van der Waals surface area (Å²) < 4.78 is 2.28. The minimum Gasteiger partial charge on any atom is -0.331 e. The zero-order valence-corrected chi connectivity index (χ0v) is 8.33. The molecule has 0 aromatic carbocycles. The van der Waals surface area contributed by atoms with Gasteiger partial charge in [-0.2, -0.15) is 0 Å². The van der Waals surface area contributed by atoms with Crippen LogP contribution < -0.4 is 5.73 Å². The van der Waals surface area contributed by atoms with Crippen molar-refractivity contribution < 1.29 is 0 Å². The van der Waals surface area contributed by atoms with Crippen LogP contribution in [0.15, 0.2) is 12.5 Å². The predicted molar refractivity (Wildman–Crippen MR) is 52.4 cm³/mol. The van der Waals surface area contributed by atoms with Gasteiger partial charge in [0.1, 0.15) is 0 Å². The summed E-state index contributed by atoms with van der Waals surface area (Å²) in [6, 6.07) is 0.650. The van der Waals surface area contributed by atoms with Crippen LogP contribution in [-0.2, 0) is 6.42 Å². The third-order valence-electron chi connectivity index (χ3n) is 2.94. The molecule has 1 aromatic heterocycles. The molecule has 1 aliphatic rings. The summed E-state index contributed by atoms with van der Waals surface area (Å²) in [6.07, 6.45) is 6.07. The summed E-state index contributed by atoms with van der Waals surface area (Å²) in [5.41, 5.74) is 7.27. The highest BCUT2D eigenvalue weighted by Gasteiger charge is 2.47. The van der Waals surface area contributed by atoms with Crippen molar-refractivity contribution in [3.05, 3.63) is 18.2 Å². The first-order chi connectivity index (χ1) is 6.15. The van der Waals surface area contributed by atoms with Crippen LogP contribution in [0.5, 0.6) is 0 Å². The molecule has 3 heteroatoms.